The fraction of sp³-hybridized carbons (Fsp3) is 0.231. The summed E-state index contributed by atoms with van der Waals surface area (Å²) in [5.41, 5.74) is 6.95. The highest BCUT2D eigenvalue weighted by Gasteiger charge is 2.04. The van der Waals surface area contributed by atoms with Crippen molar-refractivity contribution < 1.29 is 0 Å². The zero-order chi connectivity index (χ0) is 11.1. The molecule has 0 spiro atoms. The Labute approximate surface area is 96.4 Å². The van der Waals surface area contributed by atoms with Crippen molar-refractivity contribution in [1.82, 2.24) is 10.9 Å². The Morgan fingerprint density at radius 3 is 2.44 bits per heavy atom. The number of benzene rings is 1. The summed E-state index contributed by atoms with van der Waals surface area (Å²) >= 11 is 0. The van der Waals surface area contributed by atoms with Crippen LogP contribution in [0.5, 0.6) is 0 Å². The largest absolute Gasteiger partial charge is 0.348 e. The zero-order valence-electron chi connectivity index (χ0n) is 9.26. The van der Waals surface area contributed by atoms with E-state index in [4.69, 9.17) is 0 Å². The number of nitrogens with one attached hydrogen (secondary N) is 2. The average Bonchev–Trinajstić information content (AvgIpc) is 3.07. The second-order valence-corrected chi connectivity index (χ2v) is 3.63. The Bertz CT molecular complexity index is 351. The third kappa shape index (κ3) is 3.14. The topological polar surface area (TPSA) is 27.3 Å². The van der Waals surface area contributed by atoms with E-state index in [0.29, 0.717) is 0 Å². The SMILES string of the molecule is C1=CN(c2ccccc2)CC1.C1=CNNC1. The predicted molar refractivity (Wildman–Crippen MR) is 67.8 cm³/mol. The van der Waals surface area contributed by atoms with Crippen LogP contribution in [0.15, 0.2) is 54.9 Å². The molecule has 84 valence electrons. The molecule has 1 aromatic carbocycles. The fourth-order valence-corrected chi connectivity index (χ4v) is 1.62. The van der Waals surface area contributed by atoms with Crippen molar-refractivity contribution in [3.8, 4) is 0 Å². The van der Waals surface area contributed by atoms with E-state index in [-0.39, 0.29) is 0 Å². The number of hydrogen-bond acceptors (Lipinski definition) is 3. The van der Waals surface area contributed by atoms with Crippen LogP contribution in [0.1, 0.15) is 6.42 Å². The molecule has 1 aromatic rings. The van der Waals surface area contributed by atoms with E-state index in [9.17, 15) is 0 Å². The van der Waals surface area contributed by atoms with Crippen molar-refractivity contribution in [3.63, 3.8) is 0 Å². The van der Waals surface area contributed by atoms with Crippen LogP contribution in [-0.2, 0) is 0 Å². The maximum Gasteiger partial charge on any atom is 0.0406 e. The van der Waals surface area contributed by atoms with Gasteiger partial charge in [-0.05, 0) is 18.6 Å². The first-order valence-electron chi connectivity index (χ1n) is 5.58. The third-order valence-corrected chi connectivity index (χ3v) is 2.43. The van der Waals surface area contributed by atoms with Gasteiger partial charge in [0.1, 0.15) is 0 Å². The van der Waals surface area contributed by atoms with Crippen molar-refractivity contribution in [3.05, 3.63) is 54.9 Å². The molecule has 2 heterocycles. The van der Waals surface area contributed by atoms with Gasteiger partial charge in [0, 0.05) is 31.2 Å². The summed E-state index contributed by atoms with van der Waals surface area (Å²) in [4.78, 5) is 2.26. The van der Waals surface area contributed by atoms with Gasteiger partial charge < -0.3 is 10.3 Å². The molecule has 2 aliphatic rings. The highest BCUT2D eigenvalue weighted by atomic mass is 15.4. The van der Waals surface area contributed by atoms with Crippen LogP contribution in [0, 0.1) is 0 Å². The van der Waals surface area contributed by atoms with Gasteiger partial charge in [0.25, 0.3) is 0 Å². The Hall–Kier alpha value is -1.74. The summed E-state index contributed by atoms with van der Waals surface area (Å²) in [5, 5.41) is 0. The molecule has 0 amide bonds. The second-order valence-electron chi connectivity index (χ2n) is 3.63. The van der Waals surface area contributed by atoms with Crippen molar-refractivity contribution in [1.29, 1.82) is 0 Å². The summed E-state index contributed by atoms with van der Waals surface area (Å²) in [6, 6.07) is 10.5. The molecular formula is C13H17N3. The molecule has 3 heteroatoms. The van der Waals surface area contributed by atoms with E-state index in [1.54, 1.807) is 0 Å². The summed E-state index contributed by atoms with van der Waals surface area (Å²) in [7, 11) is 0. The minimum Gasteiger partial charge on any atom is -0.348 e. The van der Waals surface area contributed by atoms with Gasteiger partial charge in [-0.15, -0.1) is 0 Å². The molecule has 3 nitrogen and oxygen atoms in total. The molecule has 0 bridgehead atoms. The van der Waals surface area contributed by atoms with Gasteiger partial charge in [-0.2, -0.15) is 0 Å². The van der Waals surface area contributed by atoms with Crippen LogP contribution >= 0.6 is 0 Å². The van der Waals surface area contributed by atoms with Gasteiger partial charge in [-0.3, -0.25) is 0 Å². The molecule has 0 aromatic heterocycles. The average molecular weight is 215 g/mol. The summed E-state index contributed by atoms with van der Waals surface area (Å²) in [5.74, 6) is 0. The normalized spacial score (nSPS) is 16.9. The molecular weight excluding hydrogens is 198 g/mol. The van der Waals surface area contributed by atoms with Gasteiger partial charge in [-0.25, -0.2) is 5.43 Å². The van der Waals surface area contributed by atoms with E-state index in [1.165, 1.54) is 12.1 Å². The van der Waals surface area contributed by atoms with Gasteiger partial charge in [-0.1, -0.05) is 30.4 Å². The van der Waals surface area contributed by atoms with Crippen molar-refractivity contribution in [2.75, 3.05) is 18.0 Å². The minimum atomic E-state index is 0.958. The van der Waals surface area contributed by atoms with E-state index < -0.39 is 0 Å². The Kier molecular flexibility index (Phi) is 4.02. The van der Waals surface area contributed by atoms with E-state index in [1.807, 2.05) is 18.3 Å². The first-order valence-corrected chi connectivity index (χ1v) is 5.58. The maximum atomic E-state index is 2.86. The fourth-order valence-electron chi connectivity index (χ4n) is 1.62. The van der Waals surface area contributed by atoms with Gasteiger partial charge in [0.05, 0.1) is 0 Å². The van der Waals surface area contributed by atoms with Gasteiger partial charge >= 0.3 is 0 Å². The number of para-hydroxylation sites is 1. The van der Waals surface area contributed by atoms with Crippen molar-refractivity contribution >= 4 is 5.69 Å². The first kappa shape index (κ1) is 10.8. The van der Waals surface area contributed by atoms with Gasteiger partial charge in [0.2, 0.25) is 0 Å². The molecule has 0 unspecified atom stereocenters. The molecule has 0 aliphatic carbocycles. The van der Waals surface area contributed by atoms with Crippen LogP contribution < -0.4 is 15.8 Å². The summed E-state index contributed by atoms with van der Waals surface area (Å²) in [6.45, 7) is 2.09. The molecule has 2 aliphatic heterocycles. The Morgan fingerprint density at radius 2 is 1.94 bits per heavy atom. The van der Waals surface area contributed by atoms with Crippen molar-refractivity contribution in [2.45, 2.75) is 6.42 Å². The monoisotopic (exact) mass is 215 g/mol. The van der Waals surface area contributed by atoms with Crippen LogP contribution in [0.3, 0.4) is 0 Å². The molecule has 0 fully saturated rings. The smallest absolute Gasteiger partial charge is 0.0406 e. The van der Waals surface area contributed by atoms with Gasteiger partial charge in [0.15, 0.2) is 0 Å². The zero-order valence-corrected chi connectivity index (χ0v) is 9.26. The highest BCUT2D eigenvalue weighted by Crippen LogP contribution is 2.17. The second kappa shape index (κ2) is 5.98. The lowest BCUT2D eigenvalue weighted by Crippen LogP contribution is -2.19. The molecule has 3 rings (SSSR count). The van der Waals surface area contributed by atoms with Crippen molar-refractivity contribution in [2.24, 2.45) is 0 Å². The Morgan fingerprint density at radius 1 is 1.06 bits per heavy atom. The van der Waals surface area contributed by atoms with Crippen LogP contribution in [0.4, 0.5) is 5.69 Å². The Balaban J connectivity index is 0.000000162. The predicted octanol–water partition coefficient (Wildman–Crippen LogP) is 2.02. The number of anilines is 1. The number of hydrogen-bond donors (Lipinski definition) is 2. The van der Waals surface area contributed by atoms with Crippen LogP contribution in [0.2, 0.25) is 0 Å². The van der Waals surface area contributed by atoms with Crippen LogP contribution in [-0.4, -0.2) is 13.1 Å². The van der Waals surface area contributed by atoms with Crippen LogP contribution in [0.25, 0.3) is 0 Å². The highest BCUT2D eigenvalue weighted by molar-refractivity contribution is 5.50. The lowest BCUT2D eigenvalue weighted by molar-refractivity contribution is 0.727. The quantitative estimate of drug-likeness (QED) is 0.750. The molecule has 16 heavy (non-hydrogen) atoms. The van der Waals surface area contributed by atoms with E-state index in [0.717, 1.165) is 13.1 Å². The summed E-state index contributed by atoms with van der Waals surface area (Å²) in [6.07, 6.45) is 9.41. The lowest BCUT2D eigenvalue weighted by Gasteiger charge is -2.14. The molecule has 0 saturated carbocycles. The molecule has 0 atom stereocenters. The van der Waals surface area contributed by atoms with E-state index in [2.05, 4.69) is 52.3 Å². The molecule has 2 N–H and O–H groups in total. The van der Waals surface area contributed by atoms with E-state index >= 15 is 0 Å². The summed E-state index contributed by atoms with van der Waals surface area (Å²) < 4.78 is 0. The molecule has 0 saturated heterocycles. The molecule has 0 radical (unpaired) electrons. The minimum absolute atomic E-state index is 0.958. The number of rotatable bonds is 1. The lowest BCUT2D eigenvalue weighted by atomic mass is 10.3. The maximum absolute atomic E-state index is 2.86. The standard InChI is InChI=1S/C10H11N.C3H6N2/c1-2-6-10(7-3-1)11-8-4-5-9-11;1-2-4-5-3-1/h1-4,6-8H,5,9H2;1-2,4-5H,3H2. The first-order chi connectivity index (χ1) is 7.97. The number of hydrazine groups is 1. The number of nitrogens with zero attached hydrogens (tertiary/aromatic N) is 1. The third-order valence-electron chi connectivity index (χ3n) is 2.43.